The van der Waals surface area contributed by atoms with E-state index in [0.29, 0.717) is 10.9 Å². The van der Waals surface area contributed by atoms with E-state index in [4.69, 9.17) is 11.5 Å². The number of aliphatic hydroxyl groups excluding tert-OH is 1. The number of nitrogens with two attached hydrogens (primary N) is 2. The summed E-state index contributed by atoms with van der Waals surface area (Å²) in [6.45, 7) is 1.16. The molecule has 0 radical (unpaired) electrons. The Morgan fingerprint density at radius 1 is 0.949 bits per heavy atom. The molecule has 0 saturated carbocycles. The van der Waals surface area contributed by atoms with Crippen LogP contribution in [0.25, 0.3) is 10.9 Å². The van der Waals surface area contributed by atoms with Crippen LogP contribution in [0.15, 0.2) is 30.5 Å². The standard InChI is InChI=1S/C24H32N6O9/c1-11(31)20(24(38)39)30-23(37)16(8-12-10-27-15-5-3-2-4-13(12)15)29-22(36)17(9-19(33)34)28-21(35)14(25)6-7-18(26)32/h2-5,10-11,14,16-17,20,27,31H,6-9,25H2,1H3,(H2,26,32)(H,28,35)(H,29,36)(H,30,37)(H,33,34)(H,38,39). The van der Waals surface area contributed by atoms with Crippen LogP contribution in [-0.2, 0) is 35.2 Å². The fraction of sp³-hybridized carbons (Fsp3) is 0.417. The molecule has 0 aliphatic heterocycles. The molecule has 0 saturated heterocycles. The maximum atomic E-state index is 13.1. The number of aliphatic carboxylic acids is 2. The van der Waals surface area contributed by atoms with Gasteiger partial charge in [-0.1, -0.05) is 18.2 Å². The van der Waals surface area contributed by atoms with Gasteiger partial charge in [-0.25, -0.2) is 4.79 Å². The lowest BCUT2D eigenvalue weighted by molar-refractivity contribution is -0.145. The van der Waals surface area contributed by atoms with Crippen LogP contribution >= 0.6 is 0 Å². The van der Waals surface area contributed by atoms with Crippen LogP contribution in [0.1, 0.15) is 31.7 Å². The fourth-order valence-electron chi connectivity index (χ4n) is 3.74. The van der Waals surface area contributed by atoms with Gasteiger partial charge in [0.1, 0.15) is 12.1 Å². The summed E-state index contributed by atoms with van der Waals surface area (Å²) in [5.74, 6) is -6.62. The second-order valence-corrected chi connectivity index (χ2v) is 8.96. The molecular formula is C24H32N6O9. The van der Waals surface area contributed by atoms with E-state index in [1.54, 1.807) is 30.5 Å². The van der Waals surface area contributed by atoms with E-state index in [2.05, 4.69) is 20.9 Å². The van der Waals surface area contributed by atoms with E-state index in [9.17, 15) is 44.1 Å². The summed E-state index contributed by atoms with van der Waals surface area (Å²) < 4.78 is 0. The molecule has 212 valence electrons. The van der Waals surface area contributed by atoms with Gasteiger partial charge >= 0.3 is 11.9 Å². The fourth-order valence-corrected chi connectivity index (χ4v) is 3.74. The number of carbonyl (C=O) groups excluding carboxylic acids is 4. The van der Waals surface area contributed by atoms with E-state index in [0.717, 1.165) is 12.4 Å². The minimum Gasteiger partial charge on any atom is -0.481 e. The summed E-state index contributed by atoms with van der Waals surface area (Å²) in [5.41, 5.74) is 12.0. The maximum Gasteiger partial charge on any atom is 0.328 e. The number of hydrogen-bond acceptors (Lipinski definition) is 8. The number of H-pyrrole nitrogens is 1. The number of hydrogen-bond donors (Lipinski definition) is 9. The number of rotatable bonds is 15. The Morgan fingerprint density at radius 3 is 2.15 bits per heavy atom. The van der Waals surface area contributed by atoms with Gasteiger partial charge in [0, 0.05) is 29.9 Å². The van der Waals surface area contributed by atoms with Crippen molar-refractivity contribution in [2.24, 2.45) is 11.5 Å². The van der Waals surface area contributed by atoms with Gasteiger partial charge in [-0.3, -0.25) is 24.0 Å². The minimum atomic E-state index is -1.70. The van der Waals surface area contributed by atoms with E-state index in [1.807, 2.05) is 0 Å². The lowest BCUT2D eigenvalue weighted by Gasteiger charge is -2.25. The number of nitrogens with one attached hydrogen (secondary N) is 4. The molecule has 5 atom stereocenters. The molecule has 0 aliphatic carbocycles. The number of aromatic nitrogens is 1. The van der Waals surface area contributed by atoms with E-state index in [-0.39, 0.29) is 19.3 Å². The predicted molar refractivity (Wildman–Crippen MR) is 136 cm³/mol. The van der Waals surface area contributed by atoms with Crippen LogP contribution in [0.2, 0.25) is 0 Å². The highest BCUT2D eigenvalue weighted by Gasteiger charge is 2.33. The molecule has 1 aromatic heterocycles. The van der Waals surface area contributed by atoms with Crippen molar-refractivity contribution in [1.82, 2.24) is 20.9 Å². The molecule has 2 rings (SSSR count). The molecule has 0 aliphatic rings. The number of carbonyl (C=O) groups is 6. The van der Waals surface area contributed by atoms with Crippen molar-refractivity contribution in [3.63, 3.8) is 0 Å². The molecule has 0 fully saturated rings. The largest absolute Gasteiger partial charge is 0.481 e. The van der Waals surface area contributed by atoms with Crippen molar-refractivity contribution in [3.05, 3.63) is 36.0 Å². The lowest BCUT2D eigenvalue weighted by Crippen LogP contribution is -2.59. The summed E-state index contributed by atoms with van der Waals surface area (Å²) in [5, 5.41) is 35.8. The number of carboxylic acids is 2. The molecule has 1 heterocycles. The van der Waals surface area contributed by atoms with E-state index < -0.39 is 72.3 Å². The number of fused-ring (bicyclic) bond motifs is 1. The number of carboxylic acid groups (broad SMARTS) is 2. The molecule has 0 spiro atoms. The summed E-state index contributed by atoms with van der Waals surface area (Å²) >= 11 is 0. The lowest BCUT2D eigenvalue weighted by atomic mass is 10.0. The number of aliphatic hydroxyl groups is 1. The molecule has 4 amide bonds. The molecular weight excluding hydrogens is 516 g/mol. The average molecular weight is 549 g/mol. The van der Waals surface area contributed by atoms with Crippen LogP contribution in [-0.4, -0.2) is 86.1 Å². The van der Waals surface area contributed by atoms with Gasteiger partial charge in [0.2, 0.25) is 23.6 Å². The highest BCUT2D eigenvalue weighted by Crippen LogP contribution is 2.19. The van der Waals surface area contributed by atoms with Crippen LogP contribution in [0.3, 0.4) is 0 Å². The molecule has 39 heavy (non-hydrogen) atoms. The van der Waals surface area contributed by atoms with Crippen LogP contribution in [0.4, 0.5) is 0 Å². The Kier molecular flexibility index (Phi) is 10.9. The SMILES string of the molecule is CC(O)C(NC(=O)C(Cc1c[nH]c2ccccc12)NC(=O)C(CC(=O)O)NC(=O)C(N)CCC(N)=O)C(=O)O. The third-order valence-corrected chi connectivity index (χ3v) is 5.83. The van der Waals surface area contributed by atoms with Crippen molar-refractivity contribution < 1.29 is 44.1 Å². The number of amides is 4. The molecule has 0 bridgehead atoms. The summed E-state index contributed by atoms with van der Waals surface area (Å²) in [6.07, 6.45) is -1.27. The van der Waals surface area contributed by atoms with Gasteiger partial charge in [0.15, 0.2) is 6.04 Å². The van der Waals surface area contributed by atoms with Crippen LogP contribution in [0, 0.1) is 0 Å². The van der Waals surface area contributed by atoms with Crippen molar-refractivity contribution in [1.29, 1.82) is 0 Å². The van der Waals surface area contributed by atoms with Gasteiger partial charge < -0.3 is 47.7 Å². The second-order valence-electron chi connectivity index (χ2n) is 8.96. The first-order valence-corrected chi connectivity index (χ1v) is 11.9. The molecule has 5 unspecified atom stereocenters. The summed E-state index contributed by atoms with van der Waals surface area (Å²) in [6, 6.07) is 0.999. The molecule has 1 aromatic carbocycles. The van der Waals surface area contributed by atoms with Gasteiger partial charge in [-0.15, -0.1) is 0 Å². The number of primary amides is 1. The zero-order chi connectivity index (χ0) is 29.3. The van der Waals surface area contributed by atoms with Crippen LogP contribution < -0.4 is 27.4 Å². The number of aromatic amines is 1. The maximum absolute atomic E-state index is 13.1. The molecule has 15 nitrogen and oxygen atoms in total. The van der Waals surface area contributed by atoms with Gasteiger partial charge in [0.05, 0.1) is 18.6 Å². The Morgan fingerprint density at radius 2 is 1.56 bits per heavy atom. The molecule has 11 N–H and O–H groups in total. The minimum absolute atomic E-state index is 0.149. The summed E-state index contributed by atoms with van der Waals surface area (Å²) in [7, 11) is 0. The van der Waals surface area contributed by atoms with Crippen molar-refractivity contribution >= 4 is 46.5 Å². The number of para-hydroxylation sites is 1. The topological polar surface area (TPSA) is 267 Å². The van der Waals surface area contributed by atoms with Crippen molar-refractivity contribution in [3.8, 4) is 0 Å². The van der Waals surface area contributed by atoms with Crippen LogP contribution in [0.5, 0.6) is 0 Å². The molecule has 15 heteroatoms. The Bertz CT molecular complexity index is 1230. The Labute approximate surface area is 222 Å². The highest BCUT2D eigenvalue weighted by molar-refractivity contribution is 5.96. The average Bonchev–Trinajstić information content (AvgIpc) is 3.26. The van der Waals surface area contributed by atoms with Crippen molar-refractivity contribution in [2.75, 3.05) is 0 Å². The number of benzene rings is 1. The zero-order valence-electron chi connectivity index (χ0n) is 21.0. The highest BCUT2D eigenvalue weighted by atomic mass is 16.4. The summed E-state index contributed by atoms with van der Waals surface area (Å²) in [4.78, 5) is 75.5. The smallest absolute Gasteiger partial charge is 0.328 e. The van der Waals surface area contributed by atoms with E-state index in [1.165, 1.54) is 0 Å². The van der Waals surface area contributed by atoms with Gasteiger partial charge in [-0.2, -0.15) is 0 Å². The Hall–Kier alpha value is -4.50. The third kappa shape index (κ3) is 9.08. The first-order valence-electron chi connectivity index (χ1n) is 11.9. The first-order chi connectivity index (χ1) is 18.3. The monoisotopic (exact) mass is 548 g/mol. The third-order valence-electron chi connectivity index (χ3n) is 5.83. The van der Waals surface area contributed by atoms with Crippen molar-refractivity contribution in [2.45, 2.75) is 62.9 Å². The van der Waals surface area contributed by atoms with Gasteiger partial charge in [0.25, 0.3) is 0 Å². The Balaban J connectivity index is 2.31. The quantitative estimate of drug-likeness (QED) is 0.115. The second kappa shape index (κ2) is 13.9. The molecule has 2 aromatic rings. The zero-order valence-corrected chi connectivity index (χ0v) is 21.0. The predicted octanol–water partition coefficient (Wildman–Crippen LogP) is -2.30. The van der Waals surface area contributed by atoms with E-state index >= 15 is 0 Å². The van der Waals surface area contributed by atoms with Gasteiger partial charge in [-0.05, 0) is 25.0 Å². The normalized spacial score (nSPS) is 14.8. The first kappa shape index (κ1) is 30.7.